The molecule has 0 aromatic rings. The lowest BCUT2D eigenvalue weighted by molar-refractivity contribution is -0.165. The molecule has 1 amide bonds. The van der Waals surface area contributed by atoms with E-state index in [2.05, 4.69) is 14.8 Å². The molecule has 0 aliphatic carbocycles. The molecule has 23 heavy (non-hydrogen) atoms. The summed E-state index contributed by atoms with van der Waals surface area (Å²) in [5.41, 5.74) is -1.61. The summed E-state index contributed by atoms with van der Waals surface area (Å²) >= 11 is 0. The van der Waals surface area contributed by atoms with Crippen molar-refractivity contribution >= 4 is 18.2 Å². The fourth-order valence-corrected chi connectivity index (χ4v) is 1.42. The summed E-state index contributed by atoms with van der Waals surface area (Å²) in [6, 6.07) is 0. The zero-order valence-electron chi connectivity index (χ0n) is 14.7. The van der Waals surface area contributed by atoms with Gasteiger partial charge in [0.05, 0.1) is 6.54 Å². The van der Waals surface area contributed by atoms with Crippen molar-refractivity contribution in [2.45, 2.75) is 47.1 Å². The first-order chi connectivity index (χ1) is 10.6. The average Bonchev–Trinajstić information content (AvgIpc) is 2.47. The Kier molecular flexibility index (Phi) is 8.42. The van der Waals surface area contributed by atoms with Crippen LogP contribution in [0.3, 0.4) is 0 Å². The normalized spacial score (nSPS) is 16.0. The fourth-order valence-electron chi connectivity index (χ4n) is 1.42. The van der Waals surface area contributed by atoms with Crippen LogP contribution in [0.15, 0.2) is 0 Å². The highest BCUT2D eigenvalue weighted by atomic mass is 16.7. The molecule has 1 aliphatic rings. The van der Waals surface area contributed by atoms with E-state index in [1.807, 2.05) is 13.8 Å². The van der Waals surface area contributed by atoms with Crippen LogP contribution in [0, 0.1) is 5.41 Å². The number of amides is 1. The van der Waals surface area contributed by atoms with Crippen LogP contribution in [0.25, 0.3) is 0 Å². The van der Waals surface area contributed by atoms with Crippen LogP contribution < -0.4 is 5.32 Å². The molecular weight excluding hydrogens is 306 g/mol. The van der Waals surface area contributed by atoms with Gasteiger partial charge in [0, 0.05) is 0 Å². The quantitative estimate of drug-likeness (QED) is 0.478. The second-order valence-electron chi connectivity index (χ2n) is 5.95. The predicted molar refractivity (Wildman–Crippen MR) is 82.0 cm³/mol. The van der Waals surface area contributed by atoms with E-state index in [4.69, 9.17) is 9.47 Å². The maximum Gasteiger partial charge on any atom is 0.508 e. The van der Waals surface area contributed by atoms with Crippen molar-refractivity contribution in [1.29, 1.82) is 0 Å². The third kappa shape index (κ3) is 8.27. The highest BCUT2D eigenvalue weighted by molar-refractivity contribution is 5.78. The molecule has 8 nitrogen and oxygen atoms in total. The van der Waals surface area contributed by atoms with Crippen molar-refractivity contribution in [2.75, 3.05) is 26.4 Å². The molecule has 0 unspecified atom stereocenters. The van der Waals surface area contributed by atoms with Gasteiger partial charge < -0.3 is 24.3 Å². The Labute approximate surface area is 136 Å². The van der Waals surface area contributed by atoms with E-state index >= 15 is 0 Å². The molecule has 1 fully saturated rings. The van der Waals surface area contributed by atoms with Gasteiger partial charge in [0.2, 0.25) is 0 Å². The number of alkyl carbamates (subject to hydrolysis) is 1. The number of ether oxygens (including phenoxy) is 4. The third-order valence-corrected chi connectivity index (χ3v) is 2.51. The SMILES string of the molecule is CC.CC(C)(C)OC(=O)NCCOC(=O)C1(C)COC(=O)OC1. The number of cyclic esters (lactones) is 2. The molecule has 0 bridgehead atoms. The molecule has 0 atom stereocenters. The zero-order valence-corrected chi connectivity index (χ0v) is 14.7. The van der Waals surface area contributed by atoms with E-state index in [1.54, 1.807) is 27.7 Å². The summed E-state index contributed by atoms with van der Waals surface area (Å²) in [4.78, 5) is 34.0. The lowest BCUT2D eigenvalue weighted by atomic mass is 9.93. The van der Waals surface area contributed by atoms with Gasteiger partial charge in [-0.05, 0) is 27.7 Å². The Morgan fingerprint density at radius 2 is 1.74 bits per heavy atom. The van der Waals surface area contributed by atoms with E-state index in [1.165, 1.54) is 0 Å². The molecule has 134 valence electrons. The smallest absolute Gasteiger partial charge is 0.463 e. The standard InChI is InChI=1S/C13H21NO7.C2H6/c1-12(2,3)21-10(16)14-5-6-18-9(15)13(4)7-19-11(17)20-8-13;1-2/h5-8H2,1-4H3,(H,14,16);1-2H3. The van der Waals surface area contributed by atoms with E-state index in [0.717, 1.165) is 0 Å². The van der Waals surface area contributed by atoms with Crippen molar-refractivity contribution < 1.29 is 33.3 Å². The number of hydrogen-bond donors (Lipinski definition) is 1. The van der Waals surface area contributed by atoms with Crippen molar-refractivity contribution in [3.05, 3.63) is 0 Å². The van der Waals surface area contributed by atoms with Crippen molar-refractivity contribution in [2.24, 2.45) is 5.41 Å². The molecule has 8 heteroatoms. The molecule has 0 spiro atoms. The van der Waals surface area contributed by atoms with Crippen LogP contribution >= 0.6 is 0 Å². The summed E-state index contributed by atoms with van der Waals surface area (Å²) in [6.07, 6.45) is -1.38. The van der Waals surface area contributed by atoms with Crippen molar-refractivity contribution in [1.82, 2.24) is 5.32 Å². The maximum atomic E-state index is 11.9. The lowest BCUT2D eigenvalue weighted by Gasteiger charge is -2.29. The van der Waals surface area contributed by atoms with Crippen LogP contribution in [-0.2, 0) is 23.7 Å². The largest absolute Gasteiger partial charge is 0.508 e. The van der Waals surface area contributed by atoms with E-state index < -0.39 is 29.2 Å². The van der Waals surface area contributed by atoms with Crippen LogP contribution in [0.1, 0.15) is 41.5 Å². The molecule has 1 saturated heterocycles. The van der Waals surface area contributed by atoms with Gasteiger partial charge in [-0.1, -0.05) is 13.8 Å². The van der Waals surface area contributed by atoms with Gasteiger partial charge in [-0.3, -0.25) is 4.79 Å². The monoisotopic (exact) mass is 333 g/mol. The van der Waals surface area contributed by atoms with Crippen molar-refractivity contribution in [3.8, 4) is 0 Å². The number of carbonyl (C=O) groups is 3. The minimum atomic E-state index is -1.03. The Morgan fingerprint density at radius 3 is 2.22 bits per heavy atom. The Morgan fingerprint density at radius 1 is 1.22 bits per heavy atom. The number of nitrogens with one attached hydrogen (secondary N) is 1. The summed E-state index contributed by atoms with van der Waals surface area (Å²) in [6.45, 7) is 10.7. The molecule has 0 saturated carbocycles. The highest BCUT2D eigenvalue weighted by Crippen LogP contribution is 2.23. The maximum absolute atomic E-state index is 11.9. The first-order valence-electron chi connectivity index (χ1n) is 7.56. The van der Waals surface area contributed by atoms with Crippen LogP contribution in [0.5, 0.6) is 0 Å². The Balaban J connectivity index is 0.00000232. The van der Waals surface area contributed by atoms with E-state index in [-0.39, 0.29) is 26.4 Å². The molecule has 0 aromatic carbocycles. The first kappa shape index (κ1) is 21.0. The third-order valence-electron chi connectivity index (χ3n) is 2.51. The fraction of sp³-hybridized carbons (Fsp3) is 0.800. The van der Waals surface area contributed by atoms with Gasteiger partial charge in [0.25, 0.3) is 0 Å². The van der Waals surface area contributed by atoms with Gasteiger partial charge in [0.1, 0.15) is 30.8 Å². The van der Waals surface area contributed by atoms with Gasteiger partial charge in [-0.25, -0.2) is 9.59 Å². The molecule has 0 radical (unpaired) electrons. The molecule has 0 aromatic heterocycles. The molecule has 1 N–H and O–H groups in total. The van der Waals surface area contributed by atoms with Gasteiger partial charge >= 0.3 is 18.2 Å². The van der Waals surface area contributed by atoms with Gasteiger partial charge in [0.15, 0.2) is 0 Å². The Bertz CT molecular complexity index is 405. The van der Waals surface area contributed by atoms with Crippen LogP contribution in [0.2, 0.25) is 0 Å². The summed E-state index contributed by atoms with van der Waals surface area (Å²) in [7, 11) is 0. The number of hydrogen-bond acceptors (Lipinski definition) is 7. The molecular formula is C15H27NO7. The predicted octanol–water partition coefficient (Wildman–Crippen LogP) is 2.25. The lowest BCUT2D eigenvalue weighted by Crippen LogP contribution is -2.44. The van der Waals surface area contributed by atoms with Crippen molar-refractivity contribution in [3.63, 3.8) is 0 Å². The second kappa shape index (κ2) is 9.22. The second-order valence-corrected chi connectivity index (χ2v) is 5.95. The minimum absolute atomic E-state index is 0.0123. The molecule has 1 heterocycles. The number of carbonyl (C=O) groups excluding carboxylic acids is 3. The van der Waals surface area contributed by atoms with E-state index in [0.29, 0.717) is 0 Å². The molecule has 1 aliphatic heterocycles. The van der Waals surface area contributed by atoms with Crippen LogP contribution in [-0.4, -0.2) is 50.2 Å². The average molecular weight is 333 g/mol. The molecule has 1 rings (SSSR count). The number of esters is 1. The zero-order chi connectivity index (χ0) is 18.1. The van der Waals surface area contributed by atoms with Gasteiger partial charge in [-0.2, -0.15) is 0 Å². The minimum Gasteiger partial charge on any atom is -0.463 e. The summed E-state index contributed by atoms with van der Waals surface area (Å²) in [5, 5.41) is 2.46. The van der Waals surface area contributed by atoms with E-state index in [9.17, 15) is 14.4 Å². The van der Waals surface area contributed by atoms with Gasteiger partial charge in [-0.15, -0.1) is 0 Å². The van der Waals surface area contributed by atoms with Crippen LogP contribution in [0.4, 0.5) is 9.59 Å². The highest BCUT2D eigenvalue weighted by Gasteiger charge is 2.41. The topological polar surface area (TPSA) is 100 Å². The summed E-state index contributed by atoms with van der Waals surface area (Å²) in [5.74, 6) is -0.555. The number of rotatable bonds is 4. The first-order valence-corrected chi connectivity index (χ1v) is 7.56. The summed E-state index contributed by atoms with van der Waals surface area (Å²) < 4.78 is 19.4. The Hall–Kier alpha value is -1.99.